The fourth-order valence-corrected chi connectivity index (χ4v) is 4.93. The molecule has 10 nitrogen and oxygen atoms in total. The Bertz CT molecular complexity index is 1340. The zero-order valence-corrected chi connectivity index (χ0v) is 24.2. The van der Waals surface area contributed by atoms with Crippen LogP contribution in [-0.2, 0) is 22.6 Å². The van der Waals surface area contributed by atoms with E-state index in [9.17, 15) is 18.7 Å². The highest BCUT2D eigenvalue weighted by atomic mass is 19.2. The van der Waals surface area contributed by atoms with E-state index in [1.807, 2.05) is 36.2 Å². The molecule has 0 radical (unpaired) electrons. The number of hydrogen-bond acceptors (Lipinski definition) is 8. The van der Waals surface area contributed by atoms with Gasteiger partial charge in [0.2, 0.25) is 5.91 Å². The van der Waals surface area contributed by atoms with E-state index in [1.54, 1.807) is 13.3 Å². The number of aliphatic hydroxyl groups is 1. The Hall–Kier alpha value is -3.74. The van der Waals surface area contributed by atoms with Crippen LogP contribution in [0, 0.1) is 18.6 Å². The maximum absolute atomic E-state index is 13.7. The van der Waals surface area contributed by atoms with Crippen molar-refractivity contribution in [3.05, 3.63) is 71.8 Å². The summed E-state index contributed by atoms with van der Waals surface area (Å²) in [6.07, 6.45) is 4.49. The van der Waals surface area contributed by atoms with E-state index >= 15 is 0 Å². The molecule has 0 bridgehead atoms. The predicted octanol–water partition coefficient (Wildman–Crippen LogP) is 3.05. The molecule has 42 heavy (non-hydrogen) atoms. The summed E-state index contributed by atoms with van der Waals surface area (Å²) >= 11 is 0. The average Bonchev–Trinajstić information content (AvgIpc) is 3.30. The summed E-state index contributed by atoms with van der Waals surface area (Å²) in [5.74, 6) is -0.0565. The fraction of sp³-hybridized carbons (Fsp3) is 0.467. The van der Waals surface area contributed by atoms with Crippen LogP contribution in [0.5, 0.6) is 17.2 Å². The second-order valence-corrected chi connectivity index (χ2v) is 10.4. The molecule has 2 heterocycles. The SMILES string of the molecule is COCC(=O)N1CCN(Cc2ccc(OC)c(OCCCn3ccnc3C)c2)CC(O)(COc2ccc(F)c(F)c2)C1. The molecule has 0 saturated carbocycles. The summed E-state index contributed by atoms with van der Waals surface area (Å²) in [7, 11) is 3.02. The van der Waals surface area contributed by atoms with Crippen LogP contribution in [0.4, 0.5) is 8.78 Å². The maximum atomic E-state index is 13.7. The van der Waals surface area contributed by atoms with E-state index in [4.69, 9.17) is 18.9 Å². The van der Waals surface area contributed by atoms with Crippen LogP contribution >= 0.6 is 0 Å². The summed E-state index contributed by atoms with van der Waals surface area (Å²) in [6, 6.07) is 8.86. The zero-order valence-electron chi connectivity index (χ0n) is 24.2. The van der Waals surface area contributed by atoms with Crippen LogP contribution in [0.1, 0.15) is 17.8 Å². The lowest BCUT2D eigenvalue weighted by Gasteiger charge is -2.33. The largest absolute Gasteiger partial charge is 0.493 e. The minimum atomic E-state index is -1.50. The number of carbonyl (C=O) groups excluding carboxylic acids is 1. The second-order valence-electron chi connectivity index (χ2n) is 10.4. The summed E-state index contributed by atoms with van der Waals surface area (Å²) in [5.41, 5.74) is -0.570. The molecular formula is C30H38F2N4O6. The van der Waals surface area contributed by atoms with Gasteiger partial charge in [0, 0.05) is 58.3 Å². The van der Waals surface area contributed by atoms with Crippen molar-refractivity contribution in [3.63, 3.8) is 0 Å². The van der Waals surface area contributed by atoms with Crippen molar-refractivity contribution >= 4 is 5.91 Å². The first-order valence-electron chi connectivity index (χ1n) is 13.8. The normalized spacial score (nSPS) is 17.6. The van der Waals surface area contributed by atoms with E-state index in [0.29, 0.717) is 37.7 Å². The third-order valence-corrected chi connectivity index (χ3v) is 7.07. The first kappa shape index (κ1) is 31.2. The molecule has 1 atom stereocenters. The number of nitrogens with zero attached hydrogens (tertiary/aromatic N) is 4. The second kappa shape index (κ2) is 14.4. The summed E-state index contributed by atoms with van der Waals surface area (Å²) in [5, 5.41) is 11.6. The van der Waals surface area contributed by atoms with Gasteiger partial charge in [0.1, 0.15) is 30.4 Å². The van der Waals surface area contributed by atoms with Gasteiger partial charge < -0.3 is 33.5 Å². The molecule has 2 aromatic carbocycles. The Morgan fingerprint density at radius 1 is 1.05 bits per heavy atom. The minimum Gasteiger partial charge on any atom is -0.493 e. The van der Waals surface area contributed by atoms with Crippen molar-refractivity contribution < 1.29 is 37.6 Å². The molecule has 1 fully saturated rings. The molecule has 1 aliphatic rings. The standard InChI is InChI=1S/C30H38F2N4O6/c1-22-33-9-11-35(22)10-4-14-41-28-15-23(5-8-27(28)40-3)17-34-12-13-36(29(37)18-39-2)20-30(38,19-34)21-42-24-6-7-25(31)26(32)16-24/h5-9,11,15-16,38H,4,10,12-14,17-21H2,1-3H3. The number of methoxy groups -OCH3 is 2. The Morgan fingerprint density at radius 2 is 1.88 bits per heavy atom. The van der Waals surface area contributed by atoms with Gasteiger partial charge >= 0.3 is 0 Å². The molecule has 1 unspecified atom stereocenters. The van der Waals surface area contributed by atoms with Crippen LogP contribution in [0.2, 0.25) is 0 Å². The van der Waals surface area contributed by atoms with Crippen molar-refractivity contribution in [2.45, 2.75) is 32.0 Å². The smallest absolute Gasteiger partial charge is 0.248 e. The lowest BCUT2D eigenvalue weighted by Crippen LogP contribution is -2.52. The van der Waals surface area contributed by atoms with Crippen molar-refractivity contribution in [1.29, 1.82) is 0 Å². The summed E-state index contributed by atoms with van der Waals surface area (Å²) in [4.78, 5) is 20.5. The number of benzene rings is 2. The molecule has 12 heteroatoms. The van der Waals surface area contributed by atoms with E-state index in [-0.39, 0.29) is 38.0 Å². The monoisotopic (exact) mass is 588 g/mol. The molecule has 0 aliphatic carbocycles. The van der Waals surface area contributed by atoms with Gasteiger partial charge in [0.05, 0.1) is 20.3 Å². The van der Waals surface area contributed by atoms with Gasteiger partial charge in [0.15, 0.2) is 23.1 Å². The Balaban J connectivity index is 1.44. The molecule has 1 saturated heterocycles. The first-order chi connectivity index (χ1) is 20.2. The quantitative estimate of drug-likeness (QED) is 0.305. The lowest BCUT2D eigenvalue weighted by molar-refractivity contribution is -0.138. The number of aromatic nitrogens is 2. The van der Waals surface area contributed by atoms with Crippen LogP contribution in [0.3, 0.4) is 0 Å². The van der Waals surface area contributed by atoms with Gasteiger partial charge in [-0.05, 0) is 43.2 Å². The van der Waals surface area contributed by atoms with Gasteiger partial charge in [-0.2, -0.15) is 0 Å². The van der Waals surface area contributed by atoms with Crippen molar-refractivity contribution in [1.82, 2.24) is 19.4 Å². The number of rotatable bonds is 13. The molecule has 228 valence electrons. The van der Waals surface area contributed by atoms with Crippen molar-refractivity contribution in [2.75, 3.05) is 60.2 Å². The number of ether oxygens (including phenoxy) is 4. The van der Waals surface area contributed by atoms with E-state index < -0.39 is 17.2 Å². The van der Waals surface area contributed by atoms with Gasteiger partial charge in [-0.25, -0.2) is 13.8 Å². The number of carbonyl (C=O) groups is 1. The molecule has 1 aromatic heterocycles. The Morgan fingerprint density at radius 3 is 2.60 bits per heavy atom. The molecular weight excluding hydrogens is 550 g/mol. The molecule has 1 amide bonds. The number of hydrogen-bond donors (Lipinski definition) is 1. The van der Waals surface area contributed by atoms with E-state index in [2.05, 4.69) is 9.55 Å². The minimum absolute atomic E-state index is 0.0112. The Kier molecular flexibility index (Phi) is 10.7. The maximum Gasteiger partial charge on any atom is 0.248 e. The predicted molar refractivity (Wildman–Crippen MR) is 151 cm³/mol. The van der Waals surface area contributed by atoms with Gasteiger partial charge in [-0.3, -0.25) is 9.69 Å². The van der Waals surface area contributed by atoms with E-state index in [0.717, 1.165) is 36.5 Å². The van der Waals surface area contributed by atoms with Crippen molar-refractivity contribution in [2.24, 2.45) is 0 Å². The molecule has 4 rings (SSSR count). The topological polar surface area (TPSA) is 98.5 Å². The van der Waals surface area contributed by atoms with E-state index in [1.165, 1.54) is 18.1 Å². The van der Waals surface area contributed by atoms with Gasteiger partial charge in [0.25, 0.3) is 0 Å². The molecule has 1 N–H and O–H groups in total. The highest BCUT2D eigenvalue weighted by molar-refractivity contribution is 5.77. The highest BCUT2D eigenvalue weighted by Crippen LogP contribution is 2.29. The molecule has 0 spiro atoms. The van der Waals surface area contributed by atoms with Crippen LogP contribution in [0.15, 0.2) is 48.8 Å². The highest BCUT2D eigenvalue weighted by Gasteiger charge is 2.37. The number of aryl methyl sites for hydroxylation is 2. The molecule has 3 aromatic rings. The number of imidazole rings is 1. The Labute approximate surface area is 244 Å². The van der Waals surface area contributed by atoms with Gasteiger partial charge in [-0.15, -0.1) is 0 Å². The summed E-state index contributed by atoms with van der Waals surface area (Å²) < 4.78 is 51.4. The summed E-state index contributed by atoms with van der Waals surface area (Å²) in [6.45, 7) is 4.32. The zero-order chi connectivity index (χ0) is 30.1. The lowest BCUT2D eigenvalue weighted by atomic mass is 10.0. The third-order valence-electron chi connectivity index (χ3n) is 7.07. The average molecular weight is 589 g/mol. The fourth-order valence-electron chi connectivity index (χ4n) is 4.93. The molecule has 1 aliphatic heterocycles. The van der Waals surface area contributed by atoms with Crippen LogP contribution in [0.25, 0.3) is 0 Å². The number of amides is 1. The van der Waals surface area contributed by atoms with Crippen LogP contribution in [-0.4, -0.2) is 96.2 Å². The van der Waals surface area contributed by atoms with Crippen LogP contribution < -0.4 is 14.2 Å². The van der Waals surface area contributed by atoms with Gasteiger partial charge in [-0.1, -0.05) is 6.07 Å². The number of halogens is 2. The first-order valence-corrected chi connectivity index (χ1v) is 13.8. The van der Waals surface area contributed by atoms with Crippen molar-refractivity contribution in [3.8, 4) is 17.2 Å². The third kappa shape index (κ3) is 8.40. The number of β-amino-alcohol motifs (C(OH)–C–C–N with tert-alkyl or cyclic N) is 1.